The Bertz CT molecular complexity index is 1110. The molecule has 0 amide bonds. The second-order valence-corrected chi connectivity index (χ2v) is 7.99. The Labute approximate surface area is 179 Å². The van der Waals surface area contributed by atoms with Crippen molar-refractivity contribution in [3.63, 3.8) is 0 Å². The normalized spacial score (nSPS) is 13.2. The summed E-state index contributed by atoms with van der Waals surface area (Å²) >= 11 is 12.1. The van der Waals surface area contributed by atoms with E-state index in [2.05, 4.69) is 46.6 Å². The van der Waals surface area contributed by atoms with Crippen LogP contribution in [0.2, 0.25) is 10.0 Å². The van der Waals surface area contributed by atoms with E-state index in [1.54, 1.807) is 18.2 Å². The van der Waals surface area contributed by atoms with Crippen LogP contribution in [0.25, 0.3) is 0 Å². The third-order valence-electron chi connectivity index (χ3n) is 5.03. The van der Waals surface area contributed by atoms with E-state index in [4.69, 9.17) is 23.2 Å². The van der Waals surface area contributed by atoms with Gasteiger partial charge in [0.15, 0.2) is 5.78 Å². The fraction of sp³-hybridized carbons (Fsp3) is 0.227. The zero-order valence-electron chi connectivity index (χ0n) is 16.1. The summed E-state index contributed by atoms with van der Waals surface area (Å²) in [5.74, 6) is 0.972. The van der Waals surface area contributed by atoms with Gasteiger partial charge in [-0.1, -0.05) is 29.3 Å². The van der Waals surface area contributed by atoms with E-state index >= 15 is 0 Å². The number of carbonyl (C=O) groups is 1. The SMILES string of the molecule is Cc1ccc(Nc2nc3c(c(Nc4ccc(Cl)c(Cl)c4)n2)C(=O)CCC3)cc1C. The second kappa shape index (κ2) is 8.01. The van der Waals surface area contributed by atoms with Gasteiger partial charge in [0.05, 0.1) is 21.3 Å². The van der Waals surface area contributed by atoms with Gasteiger partial charge in [-0.3, -0.25) is 4.79 Å². The zero-order valence-corrected chi connectivity index (χ0v) is 17.7. The van der Waals surface area contributed by atoms with Gasteiger partial charge in [0.2, 0.25) is 5.95 Å². The summed E-state index contributed by atoms with van der Waals surface area (Å²) in [6.45, 7) is 4.13. The molecule has 0 saturated heterocycles. The average molecular weight is 427 g/mol. The van der Waals surface area contributed by atoms with Gasteiger partial charge in [0.25, 0.3) is 0 Å². The van der Waals surface area contributed by atoms with Crippen LogP contribution in [0.4, 0.5) is 23.1 Å². The molecule has 0 spiro atoms. The van der Waals surface area contributed by atoms with Crippen LogP contribution < -0.4 is 10.6 Å². The lowest BCUT2D eigenvalue weighted by Crippen LogP contribution is -2.17. The third-order valence-corrected chi connectivity index (χ3v) is 5.76. The predicted molar refractivity (Wildman–Crippen MR) is 118 cm³/mol. The van der Waals surface area contributed by atoms with Crippen molar-refractivity contribution in [3.8, 4) is 0 Å². The van der Waals surface area contributed by atoms with Crippen LogP contribution in [0.3, 0.4) is 0 Å². The molecule has 29 heavy (non-hydrogen) atoms. The molecule has 3 aromatic rings. The van der Waals surface area contributed by atoms with Crippen molar-refractivity contribution in [2.24, 2.45) is 0 Å². The summed E-state index contributed by atoms with van der Waals surface area (Å²) in [5, 5.41) is 7.38. The molecule has 1 aliphatic rings. The van der Waals surface area contributed by atoms with E-state index in [0.717, 1.165) is 24.2 Å². The van der Waals surface area contributed by atoms with Crippen molar-refractivity contribution in [1.29, 1.82) is 0 Å². The number of rotatable bonds is 4. The highest BCUT2D eigenvalue weighted by Gasteiger charge is 2.25. The van der Waals surface area contributed by atoms with E-state index in [1.807, 2.05) is 6.07 Å². The van der Waals surface area contributed by atoms with Gasteiger partial charge in [-0.2, -0.15) is 4.98 Å². The van der Waals surface area contributed by atoms with Gasteiger partial charge < -0.3 is 10.6 Å². The number of aryl methyl sites for hydroxylation is 3. The average Bonchev–Trinajstić information content (AvgIpc) is 2.67. The number of carbonyl (C=O) groups excluding carboxylic acids is 1. The van der Waals surface area contributed by atoms with Crippen molar-refractivity contribution in [1.82, 2.24) is 9.97 Å². The number of ketones is 1. The Morgan fingerprint density at radius 1 is 0.862 bits per heavy atom. The highest BCUT2D eigenvalue weighted by molar-refractivity contribution is 6.42. The summed E-state index contributed by atoms with van der Waals surface area (Å²) < 4.78 is 0. The molecule has 1 heterocycles. The Hall–Kier alpha value is -2.63. The number of halogens is 2. The second-order valence-electron chi connectivity index (χ2n) is 7.17. The highest BCUT2D eigenvalue weighted by atomic mass is 35.5. The lowest BCUT2D eigenvalue weighted by molar-refractivity contribution is 0.0972. The quantitative estimate of drug-likeness (QED) is 0.504. The number of nitrogens with one attached hydrogen (secondary N) is 2. The lowest BCUT2D eigenvalue weighted by Gasteiger charge is -2.19. The standard InChI is InChI=1S/C22H20Cl2N4O/c1-12-6-7-14(10-13(12)2)26-22-27-18-4-3-5-19(29)20(18)21(28-22)25-15-8-9-16(23)17(24)11-15/h6-11H,3-5H2,1-2H3,(H2,25,26,27,28). The van der Waals surface area contributed by atoms with Gasteiger partial charge in [0.1, 0.15) is 5.82 Å². The van der Waals surface area contributed by atoms with Crippen molar-refractivity contribution >= 4 is 52.1 Å². The Morgan fingerprint density at radius 3 is 2.38 bits per heavy atom. The predicted octanol–water partition coefficient (Wildman–Crippen LogP) is 6.41. The summed E-state index contributed by atoms with van der Waals surface area (Å²) in [6.07, 6.45) is 2.02. The molecule has 0 bridgehead atoms. The first kappa shape index (κ1) is 19.7. The van der Waals surface area contributed by atoms with Crippen molar-refractivity contribution in [2.75, 3.05) is 10.6 Å². The number of nitrogens with zero attached hydrogens (tertiary/aromatic N) is 2. The molecule has 0 atom stereocenters. The molecule has 148 valence electrons. The molecule has 0 saturated carbocycles. The first-order valence-corrected chi connectivity index (χ1v) is 10.2. The number of hydrogen-bond acceptors (Lipinski definition) is 5. The molecule has 0 aliphatic heterocycles. The fourth-order valence-electron chi connectivity index (χ4n) is 3.33. The molecule has 1 aromatic heterocycles. The molecule has 2 N–H and O–H groups in total. The van der Waals surface area contributed by atoms with Crippen LogP contribution in [0.5, 0.6) is 0 Å². The lowest BCUT2D eigenvalue weighted by atomic mass is 9.95. The number of Topliss-reactive ketones (excluding diaryl/α,β-unsaturated/α-hetero) is 1. The molecule has 1 aliphatic carbocycles. The van der Waals surface area contributed by atoms with Crippen LogP contribution in [0, 0.1) is 13.8 Å². The number of fused-ring (bicyclic) bond motifs is 1. The molecule has 0 radical (unpaired) electrons. The molecule has 0 fully saturated rings. The van der Waals surface area contributed by atoms with E-state index in [1.165, 1.54) is 11.1 Å². The maximum Gasteiger partial charge on any atom is 0.229 e. The monoisotopic (exact) mass is 426 g/mol. The maximum atomic E-state index is 12.6. The van der Waals surface area contributed by atoms with Crippen LogP contribution >= 0.6 is 23.2 Å². The molecular weight excluding hydrogens is 407 g/mol. The maximum absolute atomic E-state index is 12.6. The minimum atomic E-state index is 0.0477. The molecule has 4 rings (SSSR count). The van der Waals surface area contributed by atoms with E-state index in [0.29, 0.717) is 39.5 Å². The van der Waals surface area contributed by atoms with E-state index in [9.17, 15) is 4.79 Å². The Kier molecular flexibility index (Phi) is 5.43. The van der Waals surface area contributed by atoms with E-state index < -0.39 is 0 Å². The van der Waals surface area contributed by atoms with E-state index in [-0.39, 0.29) is 5.78 Å². The first-order valence-electron chi connectivity index (χ1n) is 9.41. The van der Waals surface area contributed by atoms with Crippen LogP contribution in [0.15, 0.2) is 36.4 Å². The van der Waals surface area contributed by atoms with Gasteiger partial charge in [-0.05, 0) is 68.1 Å². The summed E-state index contributed by atoms with van der Waals surface area (Å²) in [4.78, 5) is 21.8. The zero-order chi connectivity index (χ0) is 20.5. The van der Waals surface area contributed by atoms with Crippen LogP contribution in [-0.4, -0.2) is 15.8 Å². The fourth-order valence-corrected chi connectivity index (χ4v) is 3.63. The Balaban J connectivity index is 1.73. The smallest absolute Gasteiger partial charge is 0.229 e. The molecule has 2 aromatic carbocycles. The minimum absolute atomic E-state index is 0.0477. The van der Waals surface area contributed by atoms with Crippen molar-refractivity contribution < 1.29 is 4.79 Å². The molecule has 5 nitrogen and oxygen atoms in total. The van der Waals surface area contributed by atoms with Gasteiger partial charge >= 0.3 is 0 Å². The Morgan fingerprint density at radius 2 is 1.62 bits per heavy atom. The number of aromatic nitrogens is 2. The molecular formula is C22H20Cl2N4O. The minimum Gasteiger partial charge on any atom is -0.339 e. The largest absolute Gasteiger partial charge is 0.339 e. The molecule has 0 unspecified atom stereocenters. The summed E-state index contributed by atoms with van der Waals surface area (Å²) in [7, 11) is 0. The third kappa shape index (κ3) is 4.21. The van der Waals surface area contributed by atoms with Gasteiger partial charge in [0, 0.05) is 17.8 Å². The number of hydrogen-bond donors (Lipinski definition) is 2. The first-order chi connectivity index (χ1) is 13.9. The van der Waals surface area contributed by atoms with Crippen LogP contribution in [-0.2, 0) is 6.42 Å². The van der Waals surface area contributed by atoms with Crippen molar-refractivity contribution in [3.05, 3.63) is 68.8 Å². The highest BCUT2D eigenvalue weighted by Crippen LogP contribution is 2.32. The van der Waals surface area contributed by atoms with Gasteiger partial charge in [-0.25, -0.2) is 4.98 Å². The van der Waals surface area contributed by atoms with Crippen molar-refractivity contribution in [2.45, 2.75) is 33.1 Å². The number of anilines is 4. The summed E-state index contributed by atoms with van der Waals surface area (Å²) in [5.41, 5.74) is 5.30. The van der Waals surface area contributed by atoms with Gasteiger partial charge in [-0.15, -0.1) is 0 Å². The summed E-state index contributed by atoms with van der Waals surface area (Å²) in [6, 6.07) is 11.3. The van der Waals surface area contributed by atoms with Crippen LogP contribution in [0.1, 0.15) is 40.0 Å². The topological polar surface area (TPSA) is 66.9 Å². The molecule has 7 heteroatoms. The number of benzene rings is 2.